The maximum absolute atomic E-state index is 6.02. The van der Waals surface area contributed by atoms with Gasteiger partial charge < -0.3 is 10.5 Å². The number of hydrogen-bond donors (Lipinski definition) is 1. The lowest BCUT2D eigenvalue weighted by molar-refractivity contribution is 0.304. The van der Waals surface area contributed by atoms with Crippen LogP contribution in [0.15, 0.2) is 42.5 Å². The highest BCUT2D eigenvalue weighted by Gasteiger charge is 2.05. The molecule has 2 N–H and O–H groups in total. The van der Waals surface area contributed by atoms with Gasteiger partial charge in [-0.05, 0) is 61.1 Å². The highest BCUT2D eigenvalue weighted by atomic mass is 16.5. The van der Waals surface area contributed by atoms with Gasteiger partial charge in [0.05, 0.1) is 0 Å². The summed E-state index contributed by atoms with van der Waals surface area (Å²) in [6.07, 6.45) is 1.89. The quantitative estimate of drug-likeness (QED) is 0.864. The first-order valence-corrected chi connectivity index (χ1v) is 7.62. The van der Waals surface area contributed by atoms with Crippen LogP contribution < -0.4 is 10.5 Å². The molecular formula is C19H25NO. The molecule has 0 radical (unpaired) electrons. The van der Waals surface area contributed by atoms with Crippen molar-refractivity contribution in [2.24, 2.45) is 5.73 Å². The Bertz CT molecular complexity index is 572. The highest BCUT2D eigenvalue weighted by molar-refractivity contribution is 5.34. The lowest BCUT2D eigenvalue weighted by Crippen LogP contribution is -2.21. The van der Waals surface area contributed by atoms with Crippen LogP contribution in [-0.2, 0) is 13.0 Å². The summed E-state index contributed by atoms with van der Waals surface area (Å²) in [5, 5.41) is 0. The second-order valence-electron chi connectivity index (χ2n) is 5.68. The molecule has 0 aliphatic heterocycles. The van der Waals surface area contributed by atoms with Crippen LogP contribution in [0.5, 0.6) is 5.75 Å². The summed E-state index contributed by atoms with van der Waals surface area (Å²) in [4.78, 5) is 0. The van der Waals surface area contributed by atoms with E-state index in [4.69, 9.17) is 10.5 Å². The van der Waals surface area contributed by atoms with E-state index in [1.54, 1.807) is 0 Å². The Morgan fingerprint density at radius 1 is 1.05 bits per heavy atom. The van der Waals surface area contributed by atoms with Crippen molar-refractivity contribution in [1.82, 2.24) is 0 Å². The minimum atomic E-state index is 0.221. The third-order valence-corrected chi connectivity index (χ3v) is 3.95. The number of hydrogen-bond acceptors (Lipinski definition) is 2. The standard InChI is InChI=1S/C19H25NO/c1-4-17(20)11-16-9-6-10-18(12-16)21-13-19-14(2)7-5-8-15(19)3/h5-10,12,17H,4,11,13,20H2,1-3H3. The van der Waals surface area contributed by atoms with E-state index in [0.717, 1.165) is 18.6 Å². The molecular weight excluding hydrogens is 258 g/mol. The molecule has 2 rings (SSSR count). The predicted molar refractivity (Wildman–Crippen MR) is 88.7 cm³/mol. The molecule has 0 spiro atoms. The fourth-order valence-corrected chi connectivity index (χ4v) is 2.44. The molecule has 0 heterocycles. The van der Waals surface area contributed by atoms with E-state index in [9.17, 15) is 0 Å². The second-order valence-corrected chi connectivity index (χ2v) is 5.68. The van der Waals surface area contributed by atoms with Gasteiger partial charge in [-0.25, -0.2) is 0 Å². The summed E-state index contributed by atoms with van der Waals surface area (Å²) in [5.41, 5.74) is 11.1. The number of aryl methyl sites for hydroxylation is 2. The molecule has 0 amide bonds. The van der Waals surface area contributed by atoms with Crippen LogP contribution in [0.4, 0.5) is 0 Å². The maximum Gasteiger partial charge on any atom is 0.120 e. The Kier molecular flexibility index (Phi) is 5.40. The van der Waals surface area contributed by atoms with Crippen molar-refractivity contribution in [2.75, 3.05) is 0 Å². The lowest BCUT2D eigenvalue weighted by atomic mass is 10.0. The zero-order valence-electron chi connectivity index (χ0n) is 13.2. The van der Waals surface area contributed by atoms with Crippen LogP contribution in [0, 0.1) is 13.8 Å². The van der Waals surface area contributed by atoms with E-state index >= 15 is 0 Å². The van der Waals surface area contributed by atoms with E-state index in [1.165, 1.54) is 22.3 Å². The average Bonchev–Trinajstić information content (AvgIpc) is 2.47. The van der Waals surface area contributed by atoms with Gasteiger partial charge in [0.15, 0.2) is 0 Å². The molecule has 2 heteroatoms. The van der Waals surface area contributed by atoms with E-state index in [2.05, 4.69) is 51.1 Å². The topological polar surface area (TPSA) is 35.2 Å². The minimum Gasteiger partial charge on any atom is -0.489 e. The van der Waals surface area contributed by atoms with Crippen molar-refractivity contribution in [3.05, 3.63) is 64.7 Å². The lowest BCUT2D eigenvalue weighted by Gasteiger charge is -2.13. The Hall–Kier alpha value is -1.80. The fraction of sp³-hybridized carbons (Fsp3) is 0.368. The minimum absolute atomic E-state index is 0.221. The van der Waals surface area contributed by atoms with Crippen LogP contribution in [0.2, 0.25) is 0 Å². The van der Waals surface area contributed by atoms with Crippen molar-refractivity contribution in [2.45, 2.75) is 46.3 Å². The van der Waals surface area contributed by atoms with E-state index in [1.807, 2.05) is 12.1 Å². The van der Waals surface area contributed by atoms with Crippen LogP contribution >= 0.6 is 0 Å². The fourth-order valence-electron chi connectivity index (χ4n) is 2.44. The molecule has 2 aromatic rings. The summed E-state index contributed by atoms with van der Waals surface area (Å²) >= 11 is 0. The summed E-state index contributed by atoms with van der Waals surface area (Å²) in [5.74, 6) is 0.915. The second kappa shape index (κ2) is 7.28. The van der Waals surface area contributed by atoms with Gasteiger partial charge in [0, 0.05) is 6.04 Å². The maximum atomic E-state index is 6.02. The van der Waals surface area contributed by atoms with Gasteiger partial charge in [0.2, 0.25) is 0 Å². The molecule has 2 nitrogen and oxygen atoms in total. The zero-order chi connectivity index (χ0) is 15.2. The van der Waals surface area contributed by atoms with Crippen molar-refractivity contribution < 1.29 is 4.74 Å². The monoisotopic (exact) mass is 283 g/mol. The Morgan fingerprint density at radius 2 is 1.71 bits per heavy atom. The summed E-state index contributed by atoms with van der Waals surface area (Å²) in [7, 11) is 0. The summed E-state index contributed by atoms with van der Waals surface area (Å²) in [6.45, 7) is 6.98. The average molecular weight is 283 g/mol. The smallest absolute Gasteiger partial charge is 0.120 e. The first kappa shape index (κ1) is 15.6. The molecule has 21 heavy (non-hydrogen) atoms. The SMILES string of the molecule is CCC(N)Cc1cccc(OCc2c(C)cccc2C)c1. The Labute approximate surface area is 127 Å². The molecule has 0 bridgehead atoms. The van der Waals surface area contributed by atoms with Gasteiger partial charge in [0.1, 0.15) is 12.4 Å². The van der Waals surface area contributed by atoms with Gasteiger partial charge in [-0.1, -0.05) is 37.3 Å². The molecule has 0 aliphatic rings. The number of ether oxygens (including phenoxy) is 1. The first-order valence-electron chi connectivity index (χ1n) is 7.62. The van der Waals surface area contributed by atoms with Crippen molar-refractivity contribution in [1.29, 1.82) is 0 Å². The first-order chi connectivity index (χ1) is 10.1. The molecule has 0 fully saturated rings. The molecule has 0 saturated heterocycles. The summed E-state index contributed by atoms with van der Waals surface area (Å²) < 4.78 is 5.97. The zero-order valence-corrected chi connectivity index (χ0v) is 13.2. The summed E-state index contributed by atoms with van der Waals surface area (Å²) in [6, 6.07) is 14.8. The Balaban J connectivity index is 2.05. The molecule has 0 aliphatic carbocycles. The number of nitrogens with two attached hydrogens (primary N) is 1. The van der Waals surface area contributed by atoms with Crippen molar-refractivity contribution in [3.8, 4) is 5.75 Å². The molecule has 112 valence electrons. The van der Waals surface area contributed by atoms with Gasteiger partial charge in [-0.3, -0.25) is 0 Å². The largest absolute Gasteiger partial charge is 0.489 e. The molecule has 0 aromatic heterocycles. The normalized spacial score (nSPS) is 12.2. The predicted octanol–water partition coefficient (Wildman–Crippen LogP) is 4.16. The third-order valence-electron chi connectivity index (χ3n) is 3.95. The van der Waals surface area contributed by atoms with Crippen LogP contribution in [0.3, 0.4) is 0 Å². The van der Waals surface area contributed by atoms with Gasteiger partial charge >= 0.3 is 0 Å². The molecule has 2 aromatic carbocycles. The Morgan fingerprint density at radius 3 is 2.38 bits per heavy atom. The number of rotatable bonds is 6. The van der Waals surface area contributed by atoms with E-state index in [0.29, 0.717) is 6.61 Å². The molecule has 0 saturated carbocycles. The van der Waals surface area contributed by atoms with Gasteiger partial charge in [-0.2, -0.15) is 0 Å². The van der Waals surface area contributed by atoms with Gasteiger partial charge in [0.25, 0.3) is 0 Å². The van der Waals surface area contributed by atoms with Crippen LogP contribution in [0.25, 0.3) is 0 Å². The van der Waals surface area contributed by atoms with E-state index < -0.39 is 0 Å². The van der Waals surface area contributed by atoms with Crippen LogP contribution in [0.1, 0.15) is 35.6 Å². The van der Waals surface area contributed by atoms with E-state index in [-0.39, 0.29) is 6.04 Å². The van der Waals surface area contributed by atoms with Crippen molar-refractivity contribution >= 4 is 0 Å². The van der Waals surface area contributed by atoms with Crippen LogP contribution in [-0.4, -0.2) is 6.04 Å². The third kappa shape index (κ3) is 4.33. The molecule has 1 atom stereocenters. The van der Waals surface area contributed by atoms with Crippen molar-refractivity contribution in [3.63, 3.8) is 0 Å². The number of benzene rings is 2. The molecule has 1 unspecified atom stereocenters. The highest BCUT2D eigenvalue weighted by Crippen LogP contribution is 2.19. The van der Waals surface area contributed by atoms with Gasteiger partial charge in [-0.15, -0.1) is 0 Å².